The summed E-state index contributed by atoms with van der Waals surface area (Å²) >= 11 is 0. The summed E-state index contributed by atoms with van der Waals surface area (Å²) < 4.78 is 1.37. The molecule has 2 rings (SSSR count). The molecule has 94 valence electrons. The minimum absolute atomic E-state index is 0.0450. The zero-order valence-electron chi connectivity index (χ0n) is 10.5. The van der Waals surface area contributed by atoms with Gasteiger partial charge in [0.15, 0.2) is 0 Å². The summed E-state index contributed by atoms with van der Waals surface area (Å²) in [5.41, 5.74) is 1.52. The first-order chi connectivity index (χ1) is 8.83. The van der Waals surface area contributed by atoms with Crippen molar-refractivity contribution < 1.29 is 4.79 Å². The summed E-state index contributed by atoms with van der Waals surface area (Å²) in [6, 6.07) is 7.47. The minimum atomic E-state index is -0.0450. The van der Waals surface area contributed by atoms with Gasteiger partial charge in [0, 0.05) is 6.42 Å². The Labute approximate surface area is 106 Å². The van der Waals surface area contributed by atoms with Crippen molar-refractivity contribution in [3.05, 3.63) is 36.4 Å². The van der Waals surface area contributed by atoms with Crippen LogP contribution in [-0.2, 0) is 0 Å². The zero-order valence-corrected chi connectivity index (χ0v) is 10.5. The van der Waals surface area contributed by atoms with Crippen LogP contribution < -0.4 is 0 Å². The third kappa shape index (κ3) is 2.83. The van der Waals surface area contributed by atoms with Gasteiger partial charge in [0.1, 0.15) is 5.52 Å². The topological polar surface area (TPSA) is 47.8 Å². The van der Waals surface area contributed by atoms with Gasteiger partial charge in [-0.15, -0.1) is 5.10 Å². The zero-order chi connectivity index (χ0) is 12.8. The van der Waals surface area contributed by atoms with Crippen molar-refractivity contribution in [1.29, 1.82) is 0 Å². The number of hydrogen-bond donors (Lipinski definition) is 0. The van der Waals surface area contributed by atoms with Gasteiger partial charge in [0.2, 0.25) is 0 Å². The van der Waals surface area contributed by atoms with Gasteiger partial charge in [-0.3, -0.25) is 4.79 Å². The number of allylic oxidation sites excluding steroid dienone is 2. The molecule has 0 saturated carbocycles. The Morgan fingerprint density at radius 2 is 2.17 bits per heavy atom. The second kappa shape index (κ2) is 6.10. The third-order valence-electron chi connectivity index (χ3n) is 2.77. The van der Waals surface area contributed by atoms with Gasteiger partial charge in [-0.1, -0.05) is 49.3 Å². The molecule has 18 heavy (non-hydrogen) atoms. The fourth-order valence-electron chi connectivity index (χ4n) is 1.76. The number of rotatable bonds is 5. The first-order valence-corrected chi connectivity index (χ1v) is 6.31. The van der Waals surface area contributed by atoms with Gasteiger partial charge >= 0.3 is 0 Å². The molecule has 0 radical (unpaired) electrons. The highest BCUT2D eigenvalue weighted by molar-refractivity contribution is 5.89. The Bertz CT molecular complexity index is 557. The van der Waals surface area contributed by atoms with Crippen LogP contribution in [0.1, 0.15) is 37.4 Å². The number of carbonyl (C=O) groups excluding carboxylic acids is 1. The highest BCUT2D eigenvalue weighted by atomic mass is 16.2. The van der Waals surface area contributed by atoms with Crippen LogP contribution in [0.25, 0.3) is 11.0 Å². The largest absolute Gasteiger partial charge is 0.272 e. The molecule has 0 aliphatic rings. The fraction of sp³-hybridized carbons (Fsp3) is 0.357. The van der Waals surface area contributed by atoms with Gasteiger partial charge in [0.25, 0.3) is 5.91 Å². The van der Waals surface area contributed by atoms with E-state index in [1.54, 1.807) is 0 Å². The lowest BCUT2D eigenvalue weighted by Crippen LogP contribution is -2.10. The Morgan fingerprint density at radius 1 is 1.33 bits per heavy atom. The number of aromatic nitrogens is 3. The standard InChI is InChI=1S/C14H17N3O/c1-2-3-4-5-6-11-14(18)17-13-10-8-7-9-12(13)15-16-17/h5-10H,2-4,11H2,1H3/b6-5+. The van der Waals surface area contributed by atoms with E-state index in [-0.39, 0.29) is 5.91 Å². The molecule has 0 aliphatic heterocycles. The number of nitrogens with zero attached hydrogens (tertiary/aromatic N) is 3. The molecule has 0 unspecified atom stereocenters. The Balaban J connectivity index is 2.03. The van der Waals surface area contributed by atoms with Crippen LogP contribution in [0, 0.1) is 0 Å². The molecule has 0 N–H and O–H groups in total. The smallest absolute Gasteiger partial charge is 0.252 e. The summed E-state index contributed by atoms with van der Waals surface area (Å²) in [6.45, 7) is 2.15. The highest BCUT2D eigenvalue weighted by Crippen LogP contribution is 2.10. The van der Waals surface area contributed by atoms with E-state index in [9.17, 15) is 4.79 Å². The van der Waals surface area contributed by atoms with E-state index in [0.717, 1.165) is 23.9 Å². The monoisotopic (exact) mass is 243 g/mol. The van der Waals surface area contributed by atoms with Crippen molar-refractivity contribution in [2.24, 2.45) is 0 Å². The lowest BCUT2D eigenvalue weighted by molar-refractivity contribution is 0.0905. The second-order valence-corrected chi connectivity index (χ2v) is 4.20. The summed E-state index contributed by atoms with van der Waals surface area (Å²) in [4.78, 5) is 12.0. The summed E-state index contributed by atoms with van der Waals surface area (Å²) in [6.07, 6.45) is 7.71. The van der Waals surface area contributed by atoms with E-state index in [1.165, 1.54) is 11.1 Å². The number of carbonyl (C=O) groups is 1. The van der Waals surface area contributed by atoms with Crippen LogP contribution in [-0.4, -0.2) is 20.9 Å². The van der Waals surface area contributed by atoms with Crippen LogP contribution in [0.3, 0.4) is 0 Å². The Kier molecular flexibility index (Phi) is 4.23. The minimum Gasteiger partial charge on any atom is -0.272 e. The van der Waals surface area contributed by atoms with Gasteiger partial charge in [-0.25, -0.2) is 0 Å². The molecule has 1 heterocycles. The molecular formula is C14H17N3O. The van der Waals surface area contributed by atoms with Crippen molar-refractivity contribution in [2.45, 2.75) is 32.6 Å². The molecule has 4 nitrogen and oxygen atoms in total. The fourth-order valence-corrected chi connectivity index (χ4v) is 1.76. The average molecular weight is 243 g/mol. The normalized spacial score (nSPS) is 11.4. The SMILES string of the molecule is CCCC/C=C/CC(=O)n1nnc2ccccc21. The van der Waals surface area contributed by atoms with Crippen LogP contribution in [0.4, 0.5) is 0 Å². The maximum absolute atomic E-state index is 12.0. The number of para-hydroxylation sites is 1. The van der Waals surface area contributed by atoms with Crippen LogP contribution in [0.5, 0.6) is 0 Å². The van der Waals surface area contributed by atoms with Gasteiger partial charge in [0.05, 0.1) is 5.52 Å². The van der Waals surface area contributed by atoms with Gasteiger partial charge < -0.3 is 0 Å². The van der Waals surface area contributed by atoms with Gasteiger partial charge in [-0.05, 0) is 18.6 Å². The molecule has 0 amide bonds. The van der Waals surface area contributed by atoms with E-state index < -0.39 is 0 Å². The average Bonchev–Trinajstić information content (AvgIpc) is 2.82. The van der Waals surface area contributed by atoms with Crippen LogP contribution >= 0.6 is 0 Å². The van der Waals surface area contributed by atoms with E-state index in [0.29, 0.717) is 6.42 Å². The lowest BCUT2D eigenvalue weighted by Gasteiger charge is -1.97. The van der Waals surface area contributed by atoms with Crippen molar-refractivity contribution in [3.8, 4) is 0 Å². The van der Waals surface area contributed by atoms with E-state index >= 15 is 0 Å². The van der Waals surface area contributed by atoms with E-state index in [4.69, 9.17) is 0 Å². The molecule has 0 fully saturated rings. The third-order valence-corrected chi connectivity index (χ3v) is 2.77. The van der Waals surface area contributed by atoms with Crippen molar-refractivity contribution in [1.82, 2.24) is 15.0 Å². The van der Waals surface area contributed by atoms with Crippen molar-refractivity contribution in [3.63, 3.8) is 0 Å². The lowest BCUT2D eigenvalue weighted by atomic mass is 10.2. The molecule has 0 aliphatic carbocycles. The molecule has 1 aromatic carbocycles. The first-order valence-electron chi connectivity index (χ1n) is 6.31. The molecule has 0 bridgehead atoms. The quantitative estimate of drug-likeness (QED) is 0.598. The molecule has 0 atom stereocenters. The van der Waals surface area contributed by atoms with Crippen LogP contribution in [0.15, 0.2) is 36.4 Å². The van der Waals surface area contributed by atoms with Gasteiger partial charge in [-0.2, -0.15) is 4.68 Å². The number of hydrogen-bond acceptors (Lipinski definition) is 3. The number of unbranched alkanes of at least 4 members (excludes halogenated alkanes) is 2. The predicted molar refractivity (Wildman–Crippen MR) is 71.4 cm³/mol. The second-order valence-electron chi connectivity index (χ2n) is 4.20. The van der Waals surface area contributed by atoms with E-state index in [2.05, 4.69) is 23.3 Å². The first kappa shape index (κ1) is 12.5. The Hall–Kier alpha value is -1.97. The predicted octanol–water partition coefficient (Wildman–Crippen LogP) is 3.21. The molecule has 0 spiro atoms. The summed E-state index contributed by atoms with van der Waals surface area (Å²) in [5, 5.41) is 7.86. The Morgan fingerprint density at radius 3 is 3.00 bits per heavy atom. The van der Waals surface area contributed by atoms with Crippen molar-refractivity contribution in [2.75, 3.05) is 0 Å². The molecule has 0 saturated heterocycles. The number of fused-ring (bicyclic) bond motifs is 1. The number of benzene rings is 1. The maximum atomic E-state index is 12.0. The molecule has 4 heteroatoms. The van der Waals surface area contributed by atoms with Crippen molar-refractivity contribution >= 4 is 16.9 Å². The molecule has 2 aromatic rings. The summed E-state index contributed by atoms with van der Waals surface area (Å²) in [7, 11) is 0. The van der Waals surface area contributed by atoms with E-state index in [1.807, 2.05) is 30.3 Å². The summed E-state index contributed by atoms with van der Waals surface area (Å²) in [5.74, 6) is -0.0450. The highest BCUT2D eigenvalue weighted by Gasteiger charge is 2.09. The molecule has 1 aromatic heterocycles. The molecular weight excluding hydrogens is 226 g/mol. The van der Waals surface area contributed by atoms with Crippen LogP contribution in [0.2, 0.25) is 0 Å². The maximum Gasteiger partial charge on any atom is 0.252 e.